The van der Waals surface area contributed by atoms with Crippen LogP contribution in [0.25, 0.3) is 0 Å². The molecule has 4 rings (SSSR count). The van der Waals surface area contributed by atoms with Gasteiger partial charge in [0.25, 0.3) is 0 Å². The number of fused-ring (bicyclic) bond motifs is 2. The maximum absolute atomic E-state index is 12.4. The van der Waals surface area contributed by atoms with Crippen LogP contribution in [-0.2, 0) is 9.47 Å². The smallest absolute Gasteiger partial charge is 0.411 e. The summed E-state index contributed by atoms with van der Waals surface area (Å²) in [6.45, 7) is 7.62. The summed E-state index contributed by atoms with van der Waals surface area (Å²) in [5.74, 6) is 0.893. The van der Waals surface area contributed by atoms with E-state index in [0.29, 0.717) is 19.1 Å². The number of nitrogens with one attached hydrogen (secondary N) is 1. The first kappa shape index (κ1) is 19.7. The second-order valence-corrected chi connectivity index (χ2v) is 8.46. The lowest BCUT2D eigenvalue weighted by Gasteiger charge is -2.55. The molecule has 0 radical (unpaired) electrons. The highest BCUT2D eigenvalue weighted by Gasteiger charge is 2.54. The van der Waals surface area contributed by atoms with E-state index in [2.05, 4.69) is 56.4 Å². The van der Waals surface area contributed by atoms with Crippen molar-refractivity contribution in [1.29, 1.82) is 0 Å². The van der Waals surface area contributed by atoms with Crippen LogP contribution in [-0.4, -0.2) is 19.3 Å². The maximum atomic E-state index is 12.4. The Hall–Kier alpha value is -2.59. The fourth-order valence-corrected chi connectivity index (χ4v) is 5.08. The number of rotatable bonds is 4. The van der Waals surface area contributed by atoms with Gasteiger partial charge in [-0.15, -0.1) is 0 Å². The highest BCUT2D eigenvalue weighted by atomic mass is 16.6. The van der Waals surface area contributed by atoms with Crippen molar-refractivity contribution in [3.8, 4) is 0 Å². The van der Waals surface area contributed by atoms with Crippen molar-refractivity contribution in [2.75, 3.05) is 18.5 Å². The van der Waals surface area contributed by atoms with E-state index in [-0.39, 0.29) is 23.4 Å². The van der Waals surface area contributed by atoms with Crippen LogP contribution in [0.3, 0.4) is 0 Å². The first-order chi connectivity index (χ1) is 14.0. The van der Waals surface area contributed by atoms with E-state index in [1.807, 2.05) is 36.4 Å². The molecule has 5 atom stereocenters. The zero-order valence-electron chi connectivity index (χ0n) is 17.3. The van der Waals surface area contributed by atoms with Crippen molar-refractivity contribution in [2.24, 2.45) is 23.2 Å². The quantitative estimate of drug-likeness (QED) is 0.666. The standard InChI is InChI=1S/C25H29NO3/c1-17-14-18(2)25(16-29-24(27)26-21-12-8-5-9-13-21)15-28-23(22(17)19(25)3)20-10-6-4-7-11-20/h4-14,18-19,22-23H,15-16H2,1-3H3,(H,26,27)/t18-,19+,22+,23+,25-/m1/s1. The summed E-state index contributed by atoms with van der Waals surface area (Å²) in [6, 6.07) is 19.8. The van der Waals surface area contributed by atoms with Gasteiger partial charge in [0.05, 0.1) is 12.7 Å². The van der Waals surface area contributed by atoms with Crippen molar-refractivity contribution < 1.29 is 14.3 Å². The number of para-hydroxylation sites is 1. The summed E-state index contributed by atoms with van der Waals surface area (Å²) in [5, 5.41) is 2.81. The summed E-state index contributed by atoms with van der Waals surface area (Å²) < 4.78 is 12.2. The Labute approximate surface area is 172 Å². The van der Waals surface area contributed by atoms with Gasteiger partial charge in [-0.05, 0) is 36.5 Å². The van der Waals surface area contributed by atoms with Gasteiger partial charge in [0.1, 0.15) is 6.61 Å². The average molecular weight is 392 g/mol. The molecule has 1 aliphatic carbocycles. The summed E-state index contributed by atoms with van der Waals surface area (Å²) in [6.07, 6.45) is 1.97. The number of benzene rings is 2. The van der Waals surface area contributed by atoms with E-state index >= 15 is 0 Å². The molecule has 2 bridgehead atoms. The van der Waals surface area contributed by atoms with Crippen LogP contribution in [0.15, 0.2) is 72.3 Å². The van der Waals surface area contributed by atoms with E-state index in [1.165, 1.54) is 11.1 Å². The fraction of sp³-hybridized carbons (Fsp3) is 0.400. The van der Waals surface area contributed by atoms with Gasteiger partial charge in [-0.25, -0.2) is 4.79 Å². The topological polar surface area (TPSA) is 47.6 Å². The molecule has 29 heavy (non-hydrogen) atoms. The molecule has 1 aliphatic heterocycles. The van der Waals surface area contributed by atoms with Crippen molar-refractivity contribution in [3.63, 3.8) is 0 Å². The van der Waals surface area contributed by atoms with Crippen LogP contribution in [0, 0.1) is 23.2 Å². The normalized spacial score (nSPS) is 30.9. The van der Waals surface area contributed by atoms with Gasteiger partial charge in [-0.1, -0.05) is 74.0 Å². The third kappa shape index (κ3) is 3.69. The van der Waals surface area contributed by atoms with E-state index in [4.69, 9.17) is 9.47 Å². The van der Waals surface area contributed by atoms with E-state index < -0.39 is 6.09 Å². The monoisotopic (exact) mass is 391 g/mol. The molecular formula is C25H29NO3. The number of hydrogen-bond acceptors (Lipinski definition) is 3. The van der Waals surface area contributed by atoms with E-state index in [1.54, 1.807) is 0 Å². The highest BCUT2D eigenvalue weighted by Crippen LogP contribution is 2.56. The molecule has 1 N–H and O–H groups in total. The van der Waals surface area contributed by atoms with Crippen LogP contribution in [0.1, 0.15) is 32.4 Å². The van der Waals surface area contributed by atoms with Crippen LogP contribution >= 0.6 is 0 Å². The van der Waals surface area contributed by atoms with E-state index in [0.717, 1.165) is 5.69 Å². The van der Waals surface area contributed by atoms with Gasteiger partial charge in [0.15, 0.2) is 0 Å². The SMILES string of the molecule is CC1=C[C@@H](C)[C@]2(COC(=O)Nc3ccccc3)CO[C@@H](c3ccccc3)[C@@H]1[C@@H]2C. The highest BCUT2D eigenvalue weighted by molar-refractivity contribution is 5.84. The molecule has 0 aromatic heterocycles. The second-order valence-electron chi connectivity index (χ2n) is 8.46. The zero-order chi connectivity index (χ0) is 20.4. The second kappa shape index (κ2) is 8.03. The lowest BCUT2D eigenvalue weighted by molar-refractivity contribution is -0.165. The van der Waals surface area contributed by atoms with Gasteiger partial charge in [0, 0.05) is 17.0 Å². The van der Waals surface area contributed by atoms with Gasteiger partial charge < -0.3 is 9.47 Å². The molecule has 0 unspecified atom stereocenters. The lowest BCUT2D eigenvalue weighted by atomic mass is 9.56. The number of carbonyl (C=O) groups excluding carboxylic acids is 1. The number of anilines is 1. The van der Waals surface area contributed by atoms with Crippen LogP contribution in [0.4, 0.5) is 10.5 Å². The van der Waals surface area contributed by atoms with Crippen LogP contribution in [0.2, 0.25) is 0 Å². The third-order valence-corrected chi connectivity index (χ3v) is 6.87. The number of carbonyl (C=O) groups is 1. The summed E-state index contributed by atoms with van der Waals surface area (Å²) in [5.41, 5.74) is 3.09. The molecule has 2 aromatic carbocycles. The van der Waals surface area contributed by atoms with Gasteiger partial charge >= 0.3 is 6.09 Å². The maximum Gasteiger partial charge on any atom is 0.411 e. The molecule has 4 heteroatoms. The molecule has 1 saturated heterocycles. The largest absolute Gasteiger partial charge is 0.449 e. The average Bonchev–Trinajstić information content (AvgIpc) is 2.73. The summed E-state index contributed by atoms with van der Waals surface area (Å²) in [7, 11) is 0. The number of allylic oxidation sites excluding steroid dienone is 1. The molecule has 152 valence electrons. The first-order valence-electron chi connectivity index (χ1n) is 10.3. The van der Waals surface area contributed by atoms with Crippen molar-refractivity contribution in [3.05, 3.63) is 77.9 Å². The minimum atomic E-state index is -0.419. The van der Waals surface area contributed by atoms with Crippen LogP contribution in [0.5, 0.6) is 0 Å². The summed E-state index contributed by atoms with van der Waals surface area (Å²) in [4.78, 5) is 12.4. The molecule has 1 fully saturated rings. The van der Waals surface area contributed by atoms with E-state index in [9.17, 15) is 4.79 Å². The molecular weight excluding hydrogens is 362 g/mol. The predicted molar refractivity (Wildman–Crippen MR) is 115 cm³/mol. The Bertz CT molecular complexity index is 879. The zero-order valence-corrected chi connectivity index (χ0v) is 17.3. The van der Waals surface area contributed by atoms with Crippen molar-refractivity contribution in [1.82, 2.24) is 0 Å². The molecule has 4 nitrogen and oxygen atoms in total. The Kier molecular flexibility index (Phi) is 5.46. The molecule has 1 heterocycles. The molecule has 0 spiro atoms. The molecule has 2 aliphatic rings. The first-order valence-corrected chi connectivity index (χ1v) is 10.3. The fourth-order valence-electron chi connectivity index (χ4n) is 5.08. The molecule has 0 saturated carbocycles. The number of ether oxygens (including phenoxy) is 2. The molecule has 1 amide bonds. The summed E-state index contributed by atoms with van der Waals surface area (Å²) >= 11 is 0. The lowest BCUT2D eigenvalue weighted by Crippen LogP contribution is -2.54. The van der Waals surface area contributed by atoms with Crippen LogP contribution < -0.4 is 5.32 Å². The Morgan fingerprint density at radius 2 is 1.76 bits per heavy atom. The van der Waals surface area contributed by atoms with Gasteiger partial charge in [-0.2, -0.15) is 0 Å². The Morgan fingerprint density at radius 3 is 2.45 bits per heavy atom. The minimum absolute atomic E-state index is 0.0428. The molecule has 2 aromatic rings. The third-order valence-electron chi connectivity index (χ3n) is 6.87. The number of amides is 1. The van der Waals surface area contributed by atoms with Gasteiger partial charge in [-0.3, -0.25) is 5.32 Å². The van der Waals surface area contributed by atoms with Gasteiger partial charge in [0.2, 0.25) is 0 Å². The Morgan fingerprint density at radius 1 is 1.10 bits per heavy atom. The Balaban J connectivity index is 1.52. The van der Waals surface area contributed by atoms with Crippen molar-refractivity contribution >= 4 is 11.8 Å². The number of hydrogen-bond donors (Lipinski definition) is 1. The van der Waals surface area contributed by atoms with Crippen molar-refractivity contribution in [2.45, 2.75) is 26.9 Å². The predicted octanol–water partition coefficient (Wildman–Crippen LogP) is 5.84. The minimum Gasteiger partial charge on any atom is -0.449 e.